The van der Waals surface area contributed by atoms with Crippen LogP contribution >= 0.6 is 11.3 Å². The zero-order valence-corrected chi connectivity index (χ0v) is 11.7. The molecular weight excluding hydrogens is 246 g/mol. The van der Waals surface area contributed by atoms with Crippen molar-refractivity contribution in [2.24, 2.45) is 16.6 Å². The zero-order valence-electron chi connectivity index (χ0n) is 10.8. The average molecular weight is 267 g/mol. The third-order valence-corrected chi connectivity index (χ3v) is 3.93. The van der Waals surface area contributed by atoms with Gasteiger partial charge in [0.05, 0.1) is 13.2 Å². The Morgan fingerprint density at radius 1 is 1.56 bits per heavy atom. The molecule has 2 rings (SSSR count). The summed E-state index contributed by atoms with van der Waals surface area (Å²) < 4.78 is 5.29. The zero-order chi connectivity index (χ0) is 12.8. The van der Waals surface area contributed by atoms with Crippen molar-refractivity contribution in [1.82, 2.24) is 4.90 Å². The van der Waals surface area contributed by atoms with E-state index in [9.17, 15) is 0 Å². The lowest BCUT2D eigenvalue weighted by Crippen LogP contribution is -2.45. The van der Waals surface area contributed by atoms with Crippen LogP contribution in [0.4, 0.5) is 0 Å². The van der Waals surface area contributed by atoms with Crippen LogP contribution in [0.25, 0.3) is 0 Å². The molecule has 0 radical (unpaired) electrons. The summed E-state index contributed by atoms with van der Waals surface area (Å²) in [5, 5.41) is 2.12. The second-order valence-corrected chi connectivity index (χ2v) is 5.72. The van der Waals surface area contributed by atoms with Crippen molar-refractivity contribution in [3.8, 4) is 0 Å². The summed E-state index contributed by atoms with van der Waals surface area (Å²) in [4.78, 5) is 8.02. The first-order valence-electron chi connectivity index (χ1n) is 6.40. The van der Waals surface area contributed by atoms with Crippen molar-refractivity contribution in [3.05, 3.63) is 22.4 Å². The van der Waals surface area contributed by atoms with E-state index < -0.39 is 0 Å². The van der Waals surface area contributed by atoms with E-state index in [1.54, 1.807) is 11.3 Å². The highest BCUT2D eigenvalue weighted by Gasteiger charge is 2.12. The van der Waals surface area contributed by atoms with E-state index in [2.05, 4.69) is 34.3 Å². The van der Waals surface area contributed by atoms with E-state index >= 15 is 0 Å². The molecule has 18 heavy (non-hydrogen) atoms. The maximum absolute atomic E-state index is 5.99. The van der Waals surface area contributed by atoms with Crippen molar-refractivity contribution < 1.29 is 4.74 Å². The van der Waals surface area contributed by atoms with Gasteiger partial charge in [-0.15, -0.1) is 11.3 Å². The van der Waals surface area contributed by atoms with Gasteiger partial charge in [0.1, 0.15) is 0 Å². The summed E-state index contributed by atoms with van der Waals surface area (Å²) in [5.74, 6) is 1.19. The lowest BCUT2D eigenvalue weighted by atomic mass is 10.1. The van der Waals surface area contributed by atoms with Gasteiger partial charge in [0.15, 0.2) is 5.96 Å². The average Bonchev–Trinajstić information content (AvgIpc) is 2.90. The number of hydrogen-bond donors (Lipinski definition) is 1. The van der Waals surface area contributed by atoms with Crippen LogP contribution in [0.2, 0.25) is 0 Å². The molecule has 1 fully saturated rings. The monoisotopic (exact) mass is 267 g/mol. The quantitative estimate of drug-likeness (QED) is 0.665. The number of thiophene rings is 1. The second-order valence-electron chi connectivity index (χ2n) is 4.69. The number of rotatable bonds is 4. The minimum absolute atomic E-state index is 0.531. The predicted octanol–water partition coefficient (Wildman–Crippen LogP) is 1.57. The number of morpholine rings is 1. The molecule has 0 spiro atoms. The van der Waals surface area contributed by atoms with E-state index in [0.29, 0.717) is 11.9 Å². The number of hydrogen-bond acceptors (Lipinski definition) is 3. The molecule has 1 unspecified atom stereocenters. The Balaban J connectivity index is 1.78. The van der Waals surface area contributed by atoms with Crippen LogP contribution in [-0.2, 0) is 11.2 Å². The molecule has 0 aromatic carbocycles. The first kappa shape index (κ1) is 13.4. The Morgan fingerprint density at radius 2 is 2.33 bits per heavy atom. The molecule has 1 saturated heterocycles. The molecule has 5 heteroatoms. The van der Waals surface area contributed by atoms with Crippen molar-refractivity contribution in [2.45, 2.75) is 13.3 Å². The fourth-order valence-corrected chi connectivity index (χ4v) is 2.85. The Labute approximate surface area is 112 Å². The highest BCUT2D eigenvalue weighted by atomic mass is 32.1. The number of nitrogens with zero attached hydrogens (tertiary/aromatic N) is 2. The van der Waals surface area contributed by atoms with Crippen molar-refractivity contribution >= 4 is 17.3 Å². The molecule has 0 amide bonds. The van der Waals surface area contributed by atoms with E-state index in [-0.39, 0.29) is 0 Å². The smallest absolute Gasteiger partial charge is 0.191 e. The van der Waals surface area contributed by atoms with Crippen molar-refractivity contribution in [1.29, 1.82) is 0 Å². The van der Waals surface area contributed by atoms with Gasteiger partial charge in [-0.05, 0) is 23.8 Å². The lowest BCUT2D eigenvalue weighted by molar-refractivity contribution is 0.0674. The molecule has 1 atom stereocenters. The largest absolute Gasteiger partial charge is 0.378 e. The Bertz CT molecular complexity index is 372. The normalized spacial score (nSPS) is 18.9. The summed E-state index contributed by atoms with van der Waals surface area (Å²) in [6.45, 7) is 6.22. The van der Waals surface area contributed by atoms with Crippen LogP contribution in [-0.4, -0.2) is 43.7 Å². The molecule has 1 aromatic rings. The third kappa shape index (κ3) is 3.99. The summed E-state index contributed by atoms with van der Waals surface area (Å²) in [7, 11) is 0. The highest BCUT2D eigenvalue weighted by molar-refractivity contribution is 7.09. The van der Waals surface area contributed by atoms with Gasteiger partial charge in [0.25, 0.3) is 0 Å². The standard InChI is InChI=1S/C13H21N3OS/c1-11(9-12-3-2-8-18-12)10-15-13(14)16-4-6-17-7-5-16/h2-3,8,11H,4-7,9-10H2,1H3,(H2,14,15). The maximum Gasteiger partial charge on any atom is 0.191 e. The SMILES string of the molecule is CC(CN=C(N)N1CCOCC1)Cc1cccs1. The van der Waals surface area contributed by atoms with E-state index in [0.717, 1.165) is 39.3 Å². The van der Waals surface area contributed by atoms with Crippen LogP contribution in [0.1, 0.15) is 11.8 Å². The minimum atomic E-state index is 0.531. The molecule has 2 heterocycles. The molecular formula is C13H21N3OS. The number of aliphatic imine (C=N–C) groups is 1. The fourth-order valence-electron chi connectivity index (χ4n) is 1.98. The van der Waals surface area contributed by atoms with Gasteiger partial charge in [0, 0.05) is 24.5 Å². The molecule has 2 N–H and O–H groups in total. The van der Waals surface area contributed by atoms with E-state index in [1.165, 1.54) is 4.88 Å². The van der Waals surface area contributed by atoms with Gasteiger partial charge in [-0.25, -0.2) is 0 Å². The van der Waals surface area contributed by atoms with Crippen LogP contribution < -0.4 is 5.73 Å². The van der Waals surface area contributed by atoms with Crippen LogP contribution in [0.5, 0.6) is 0 Å². The molecule has 1 aromatic heterocycles. The molecule has 1 aliphatic rings. The Hall–Kier alpha value is -1.07. The fraction of sp³-hybridized carbons (Fsp3) is 0.615. The van der Waals surface area contributed by atoms with Gasteiger partial charge in [0.2, 0.25) is 0 Å². The topological polar surface area (TPSA) is 50.8 Å². The van der Waals surface area contributed by atoms with Gasteiger partial charge in [-0.2, -0.15) is 0 Å². The van der Waals surface area contributed by atoms with Gasteiger partial charge < -0.3 is 15.4 Å². The van der Waals surface area contributed by atoms with Crippen LogP contribution in [0.3, 0.4) is 0 Å². The summed E-state index contributed by atoms with van der Waals surface area (Å²) in [6.07, 6.45) is 1.08. The first-order chi connectivity index (χ1) is 8.75. The first-order valence-corrected chi connectivity index (χ1v) is 7.28. The molecule has 0 bridgehead atoms. The molecule has 100 valence electrons. The predicted molar refractivity (Wildman–Crippen MR) is 76.1 cm³/mol. The third-order valence-electron chi connectivity index (χ3n) is 3.03. The second kappa shape index (κ2) is 6.75. The van der Waals surface area contributed by atoms with Crippen LogP contribution in [0.15, 0.2) is 22.5 Å². The molecule has 0 aliphatic carbocycles. The number of nitrogens with two attached hydrogens (primary N) is 1. The summed E-state index contributed by atoms with van der Waals surface area (Å²) in [6, 6.07) is 4.27. The van der Waals surface area contributed by atoms with Gasteiger partial charge >= 0.3 is 0 Å². The molecule has 0 saturated carbocycles. The van der Waals surface area contributed by atoms with E-state index in [1.807, 2.05) is 0 Å². The summed E-state index contributed by atoms with van der Waals surface area (Å²) >= 11 is 1.81. The highest BCUT2D eigenvalue weighted by Crippen LogP contribution is 2.14. The number of ether oxygens (including phenoxy) is 1. The minimum Gasteiger partial charge on any atom is -0.378 e. The number of guanidine groups is 1. The van der Waals surface area contributed by atoms with E-state index in [4.69, 9.17) is 10.5 Å². The van der Waals surface area contributed by atoms with Crippen molar-refractivity contribution in [3.63, 3.8) is 0 Å². The summed E-state index contributed by atoms with van der Waals surface area (Å²) in [5.41, 5.74) is 5.99. The van der Waals surface area contributed by atoms with Gasteiger partial charge in [-0.1, -0.05) is 13.0 Å². The Morgan fingerprint density at radius 3 is 3.00 bits per heavy atom. The lowest BCUT2D eigenvalue weighted by Gasteiger charge is -2.27. The maximum atomic E-state index is 5.99. The molecule has 4 nitrogen and oxygen atoms in total. The van der Waals surface area contributed by atoms with Crippen molar-refractivity contribution in [2.75, 3.05) is 32.8 Å². The molecule has 1 aliphatic heterocycles. The van der Waals surface area contributed by atoms with Gasteiger partial charge in [-0.3, -0.25) is 4.99 Å². The van der Waals surface area contributed by atoms with Crippen LogP contribution in [0, 0.1) is 5.92 Å². The Kier molecular flexibility index (Phi) is 5.01.